The van der Waals surface area contributed by atoms with Gasteiger partial charge in [0.1, 0.15) is 5.75 Å². The molecule has 3 rings (SSSR count). The molecule has 0 bridgehead atoms. The van der Waals surface area contributed by atoms with Crippen molar-refractivity contribution in [2.24, 2.45) is 0 Å². The number of carbonyl (C=O) groups excluding carboxylic acids is 1. The third-order valence-corrected chi connectivity index (χ3v) is 4.69. The van der Waals surface area contributed by atoms with Crippen LogP contribution in [0.4, 0.5) is 0 Å². The first-order valence-electron chi connectivity index (χ1n) is 8.98. The molecule has 0 aliphatic rings. The molecule has 1 unspecified atom stereocenters. The highest BCUT2D eigenvalue weighted by molar-refractivity contribution is 5.95. The van der Waals surface area contributed by atoms with Gasteiger partial charge in [0.15, 0.2) is 0 Å². The smallest absolute Gasteiger partial charge is 0.255 e. The number of aryl methyl sites for hydroxylation is 2. The second-order valence-corrected chi connectivity index (χ2v) is 6.47. The van der Waals surface area contributed by atoms with E-state index < -0.39 is 0 Å². The van der Waals surface area contributed by atoms with Crippen LogP contribution in [0.5, 0.6) is 5.75 Å². The standard InChI is InChI=1S/C20H25N5O2/c1-6-24-12-19(14(3)23-24)20(26)22-13(2)18-11-21-25(15(18)4)16-7-9-17(27-5)10-8-16/h7-13H,6H2,1-5H3,(H,22,26). The number of nitrogens with one attached hydrogen (secondary N) is 1. The van der Waals surface area contributed by atoms with Crippen molar-refractivity contribution >= 4 is 5.91 Å². The summed E-state index contributed by atoms with van der Waals surface area (Å²) in [7, 11) is 1.64. The predicted molar refractivity (Wildman–Crippen MR) is 103 cm³/mol. The van der Waals surface area contributed by atoms with E-state index in [2.05, 4.69) is 15.5 Å². The molecule has 0 spiro atoms. The van der Waals surface area contributed by atoms with Crippen LogP contribution in [0.25, 0.3) is 5.69 Å². The zero-order chi connectivity index (χ0) is 19.6. The molecular weight excluding hydrogens is 342 g/mol. The Morgan fingerprint density at radius 1 is 1.26 bits per heavy atom. The molecule has 3 aromatic rings. The summed E-state index contributed by atoms with van der Waals surface area (Å²) in [6, 6.07) is 7.53. The third kappa shape index (κ3) is 3.72. The van der Waals surface area contributed by atoms with Gasteiger partial charge in [-0.05, 0) is 52.0 Å². The molecule has 1 aromatic carbocycles. The van der Waals surface area contributed by atoms with Crippen LogP contribution in [-0.2, 0) is 6.54 Å². The Bertz CT molecular complexity index is 940. The number of aromatic nitrogens is 4. The molecule has 142 valence electrons. The van der Waals surface area contributed by atoms with Crippen molar-refractivity contribution in [1.82, 2.24) is 24.9 Å². The molecule has 7 nitrogen and oxygen atoms in total. The minimum Gasteiger partial charge on any atom is -0.497 e. The van der Waals surface area contributed by atoms with Crippen LogP contribution in [0.2, 0.25) is 0 Å². The molecule has 0 aliphatic carbocycles. The molecule has 1 atom stereocenters. The largest absolute Gasteiger partial charge is 0.497 e. The summed E-state index contributed by atoms with van der Waals surface area (Å²) in [6.45, 7) is 8.53. The van der Waals surface area contributed by atoms with Gasteiger partial charge in [-0.15, -0.1) is 0 Å². The first kappa shape index (κ1) is 18.7. The van der Waals surface area contributed by atoms with Gasteiger partial charge in [-0.25, -0.2) is 4.68 Å². The van der Waals surface area contributed by atoms with E-state index in [1.165, 1.54) is 0 Å². The van der Waals surface area contributed by atoms with Crippen LogP contribution in [0, 0.1) is 13.8 Å². The Hall–Kier alpha value is -3.09. The summed E-state index contributed by atoms with van der Waals surface area (Å²) in [5, 5.41) is 11.9. The van der Waals surface area contributed by atoms with Gasteiger partial charge in [-0.2, -0.15) is 10.2 Å². The number of carbonyl (C=O) groups is 1. The number of benzene rings is 1. The van der Waals surface area contributed by atoms with Gasteiger partial charge in [-0.3, -0.25) is 9.48 Å². The lowest BCUT2D eigenvalue weighted by Gasteiger charge is -2.14. The van der Waals surface area contributed by atoms with Crippen molar-refractivity contribution in [3.8, 4) is 11.4 Å². The van der Waals surface area contributed by atoms with E-state index >= 15 is 0 Å². The van der Waals surface area contributed by atoms with Crippen molar-refractivity contribution in [1.29, 1.82) is 0 Å². The SMILES string of the molecule is CCn1cc(C(=O)NC(C)c2cnn(-c3ccc(OC)cc3)c2C)c(C)n1. The summed E-state index contributed by atoms with van der Waals surface area (Å²) in [5.74, 6) is 0.670. The van der Waals surface area contributed by atoms with Crippen LogP contribution < -0.4 is 10.1 Å². The fourth-order valence-corrected chi connectivity index (χ4v) is 3.09. The molecule has 0 saturated carbocycles. The molecule has 0 aliphatic heterocycles. The average molecular weight is 367 g/mol. The van der Waals surface area contributed by atoms with Gasteiger partial charge in [0.05, 0.1) is 36.3 Å². The second kappa shape index (κ2) is 7.65. The van der Waals surface area contributed by atoms with Crippen LogP contribution in [0.15, 0.2) is 36.7 Å². The van der Waals surface area contributed by atoms with Crippen molar-refractivity contribution < 1.29 is 9.53 Å². The van der Waals surface area contributed by atoms with Gasteiger partial charge in [-0.1, -0.05) is 0 Å². The molecule has 0 radical (unpaired) electrons. The Morgan fingerprint density at radius 3 is 2.56 bits per heavy atom. The second-order valence-electron chi connectivity index (χ2n) is 6.47. The molecule has 0 fully saturated rings. The van der Waals surface area contributed by atoms with Crippen molar-refractivity contribution in [2.45, 2.75) is 40.3 Å². The first-order chi connectivity index (χ1) is 12.9. The average Bonchev–Trinajstić information content (AvgIpc) is 3.24. The molecule has 27 heavy (non-hydrogen) atoms. The van der Waals surface area contributed by atoms with Crippen molar-refractivity contribution in [3.05, 3.63) is 59.2 Å². The van der Waals surface area contributed by atoms with E-state index in [-0.39, 0.29) is 11.9 Å². The summed E-state index contributed by atoms with van der Waals surface area (Å²) in [4.78, 5) is 12.6. The molecule has 0 saturated heterocycles. The molecule has 1 amide bonds. The van der Waals surface area contributed by atoms with Gasteiger partial charge in [0.25, 0.3) is 5.91 Å². The number of nitrogens with zero attached hydrogens (tertiary/aromatic N) is 4. The summed E-state index contributed by atoms with van der Waals surface area (Å²) in [5.41, 5.74) is 4.22. The fourth-order valence-electron chi connectivity index (χ4n) is 3.09. The quantitative estimate of drug-likeness (QED) is 0.726. The number of rotatable bonds is 6. The monoisotopic (exact) mass is 367 g/mol. The Balaban J connectivity index is 1.78. The number of hydrogen-bond donors (Lipinski definition) is 1. The van der Waals surface area contributed by atoms with Gasteiger partial charge < -0.3 is 10.1 Å². The number of methoxy groups -OCH3 is 1. The number of amides is 1. The van der Waals surface area contributed by atoms with Gasteiger partial charge >= 0.3 is 0 Å². The van der Waals surface area contributed by atoms with Crippen molar-refractivity contribution in [2.75, 3.05) is 7.11 Å². The topological polar surface area (TPSA) is 74.0 Å². The normalized spacial score (nSPS) is 12.0. The Kier molecular flexibility index (Phi) is 5.30. The number of hydrogen-bond acceptors (Lipinski definition) is 4. The van der Waals surface area contributed by atoms with Crippen LogP contribution >= 0.6 is 0 Å². The zero-order valence-electron chi connectivity index (χ0n) is 16.4. The molecule has 2 aromatic heterocycles. The van der Waals surface area contributed by atoms with Gasteiger partial charge in [0, 0.05) is 24.0 Å². The predicted octanol–water partition coefficient (Wildman–Crippen LogP) is 3.21. The zero-order valence-corrected chi connectivity index (χ0v) is 16.4. The Morgan fingerprint density at radius 2 is 1.96 bits per heavy atom. The Labute approximate surface area is 159 Å². The van der Waals surface area contributed by atoms with Crippen LogP contribution in [-0.4, -0.2) is 32.6 Å². The number of ether oxygens (including phenoxy) is 1. The lowest BCUT2D eigenvalue weighted by atomic mass is 10.1. The molecule has 7 heteroatoms. The highest BCUT2D eigenvalue weighted by Gasteiger charge is 2.19. The highest BCUT2D eigenvalue weighted by Crippen LogP contribution is 2.22. The minimum absolute atomic E-state index is 0.128. The lowest BCUT2D eigenvalue weighted by molar-refractivity contribution is 0.0939. The van der Waals surface area contributed by atoms with Crippen LogP contribution in [0.3, 0.4) is 0 Å². The third-order valence-electron chi connectivity index (χ3n) is 4.69. The molecular formula is C20H25N5O2. The summed E-state index contributed by atoms with van der Waals surface area (Å²) < 4.78 is 8.82. The highest BCUT2D eigenvalue weighted by atomic mass is 16.5. The fraction of sp³-hybridized carbons (Fsp3) is 0.350. The van der Waals surface area contributed by atoms with E-state index in [1.807, 2.05) is 56.6 Å². The minimum atomic E-state index is -0.172. The maximum atomic E-state index is 12.6. The molecule has 1 N–H and O–H groups in total. The van der Waals surface area contributed by atoms with E-state index in [4.69, 9.17) is 4.74 Å². The van der Waals surface area contributed by atoms with Crippen molar-refractivity contribution in [3.63, 3.8) is 0 Å². The maximum Gasteiger partial charge on any atom is 0.255 e. The molecule has 2 heterocycles. The lowest BCUT2D eigenvalue weighted by Crippen LogP contribution is -2.27. The van der Waals surface area contributed by atoms with E-state index in [0.717, 1.165) is 34.9 Å². The van der Waals surface area contributed by atoms with Gasteiger partial charge in [0.2, 0.25) is 0 Å². The first-order valence-corrected chi connectivity index (χ1v) is 8.98. The van der Waals surface area contributed by atoms with Crippen LogP contribution in [0.1, 0.15) is 47.2 Å². The maximum absolute atomic E-state index is 12.6. The summed E-state index contributed by atoms with van der Waals surface area (Å²) >= 11 is 0. The van der Waals surface area contributed by atoms with E-state index in [0.29, 0.717) is 5.56 Å². The summed E-state index contributed by atoms with van der Waals surface area (Å²) in [6.07, 6.45) is 3.58. The van der Waals surface area contributed by atoms with E-state index in [1.54, 1.807) is 24.2 Å². The van der Waals surface area contributed by atoms with E-state index in [9.17, 15) is 4.79 Å².